The summed E-state index contributed by atoms with van der Waals surface area (Å²) in [6.45, 7) is 0. The summed E-state index contributed by atoms with van der Waals surface area (Å²) in [5.41, 5.74) is 2.42. The zero-order valence-corrected chi connectivity index (χ0v) is 8.70. The number of rotatable bonds is 2. The molecule has 0 saturated heterocycles. The van der Waals surface area contributed by atoms with Crippen molar-refractivity contribution >= 4 is 16.8 Å². The van der Waals surface area contributed by atoms with E-state index in [1.807, 2.05) is 6.07 Å². The Morgan fingerprint density at radius 2 is 2.18 bits per heavy atom. The van der Waals surface area contributed by atoms with Gasteiger partial charge in [-0.25, -0.2) is 4.98 Å². The maximum atomic E-state index is 10.5. The van der Waals surface area contributed by atoms with Gasteiger partial charge in [-0.05, 0) is 29.4 Å². The highest BCUT2D eigenvalue weighted by Crippen LogP contribution is 2.26. The van der Waals surface area contributed by atoms with Crippen molar-refractivity contribution < 1.29 is 4.42 Å². The van der Waals surface area contributed by atoms with Gasteiger partial charge in [0.1, 0.15) is 11.2 Å². The lowest BCUT2D eigenvalue weighted by Gasteiger charge is -1.94. The van der Waals surface area contributed by atoms with Crippen LogP contribution in [0.5, 0.6) is 0 Å². The highest BCUT2D eigenvalue weighted by Gasteiger charge is 2.08. The van der Waals surface area contributed by atoms with Crippen LogP contribution >= 0.6 is 0 Å². The first-order chi connectivity index (χ1) is 8.36. The zero-order chi connectivity index (χ0) is 11.7. The Balaban J connectivity index is 2.16. The van der Waals surface area contributed by atoms with Gasteiger partial charge in [0.15, 0.2) is 5.58 Å². The molecule has 0 saturated carbocycles. The standard InChI is InChI=1S/C12H7N3O2/c16-15-9-3-1-2-8(6-9)12-14-10-4-5-13-7-11(10)17-12/h1-7H. The number of nitrogens with zero attached hydrogens (tertiary/aromatic N) is 3. The number of fused-ring (bicyclic) bond motifs is 1. The summed E-state index contributed by atoms with van der Waals surface area (Å²) in [5, 5.41) is 2.88. The molecule has 82 valence electrons. The molecule has 0 aliphatic carbocycles. The average Bonchev–Trinajstić information content (AvgIpc) is 2.82. The summed E-state index contributed by atoms with van der Waals surface area (Å²) >= 11 is 0. The van der Waals surface area contributed by atoms with Gasteiger partial charge in [-0.2, -0.15) is 0 Å². The molecular formula is C12H7N3O2. The molecule has 3 aromatic rings. The minimum Gasteiger partial charge on any atom is -0.434 e. The van der Waals surface area contributed by atoms with Gasteiger partial charge < -0.3 is 4.42 Å². The number of pyridine rings is 1. The Kier molecular flexibility index (Phi) is 2.15. The molecule has 0 bridgehead atoms. The number of aromatic nitrogens is 2. The second kappa shape index (κ2) is 3.79. The highest BCUT2D eigenvalue weighted by molar-refractivity contribution is 5.75. The molecule has 5 heteroatoms. The van der Waals surface area contributed by atoms with Crippen molar-refractivity contribution in [2.45, 2.75) is 0 Å². The molecule has 2 heterocycles. The molecular weight excluding hydrogens is 218 g/mol. The molecule has 0 aliphatic rings. The molecule has 0 N–H and O–H groups in total. The van der Waals surface area contributed by atoms with E-state index in [0.717, 1.165) is 11.1 Å². The van der Waals surface area contributed by atoms with Crippen LogP contribution in [0.4, 0.5) is 5.69 Å². The van der Waals surface area contributed by atoms with Gasteiger partial charge in [0.25, 0.3) is 0 Å². The maximum Gasteiger partial charge on any atom is 0.227 e. The topological polar surface area (TPSA) is 68.3 Å². The molecule has 5 nitrogen and oxygen atoms in total. The fourth-order valence-corrected chi connectivity index (χ4v) is 1.60. The third kappa shape index (κ3) is 1.67. The first kappa shape index (κ1) is 9.65. The van der Waals surface area contributed by atoms with E-state index in [1.54, 1.807) is 36.7 Å². The summed E-state index contributed by atoms with van der Waals surface area (Å²) in [6.07, 6.45) is 3.26. The molecule has 0 amide bonds. The van der Waals surface area contributed by atoms with Gasteiger partial charge >= 0.3 is 0 Å². The van der Waals surface area contributed by atoms with Gasteiger partial charge in [0.05, 0.1) is 6.20 Å². The van der Waals surface area contributed by atoms with E-state index in [4.69, 9.17) is 4.42 Å². The van der Waals surface area contributed by atoms with Crippen LogP contribution in [-0.2, 0) is 0 Å². The number of nitroso groups, excluding NO2 is 1. The van der Waals surface area contributed by atoms with Gasteiger partial charge in [0, 0.05) is 11.8 Å². The molecule has 2 aromatic heterocycles. The highest BCUT2D eigenvalue weighted by atomic mass is 16.3. The summed E-state index contributed by atoms with van der Waals surface area (Å²) < 4.78 is 5.54. The molecule has 17 heavy (non-hydrogen) atoms. The third-order valence-corrected chi connectivity index (χ3v) is 2.39. The number of benzene rings is 1. The summed E-state index contributed by atoms with van der Waals surface area (Å²) in [4.78, 5) is 18.7. The van der Waals surface area contributed by atoms with E-state index in [9.17, 15) is 4.91 Å². The summed E-state index contributed by atoms with van der Waals surface area (Å²) in [6, 6.07) is 8.57. The lowest BCUT2D eigenvalue weighted by atomic mass is 10.2. The molecule has 0 aliphatic heterocycles. The number of oxazole rings is 1. The first-order valence-electron chi connectivity index (χ1n) is 5.01. The maximum absolute atomic E-state index is 10.5. The molecule has 0 spiro atoms. The lowest BCUT2D eigenvalue weighted by Crippen LogP contribution is -1.75. The quantitative estimate of drug-likeness (QED) is 0.627. The van der Waals surface area contributed by atoms with E-state index in [2.05, 4.69) is 15.1 Å². The Hall–Kier alpha value is -2.56. The van der Waals surface area contributed by atoms with Crippen molar-refractivity contribution in [1.82, 2.24) is 9.97 Å². The molecule has 0 fully saturated rings. The van der Waals surface area contributed by atoms with E-state index in [1.165, 1.54) is 0 Å². The van der Waals surface area contributed by atoms with Gasteiger partial charge in [-0.15, -0.1) is 4.91 Å². The van der Waals surface area contributed by atoms with Crippen LogP contribution in [0.15, 0.2) is 52.3 Å². The predicted octanol–water partition coefficient (Wildman–Crippen LogP) is 3.29. The second-order valence-corrected chi connectivity index (χ2v) is 3.50. The lowest BCUT2D eigenvalue weighted by molar-refractivity contribution is 0.618. The monoisotopic (exact) mass is 225 g/mol. The van der Waals surface area contributed by atoms with E-state index >= 15 is 0 Å². The van der Waals surface area contributed by atoms with Crippen LogP contribution in [-0.4, -0.2) is 9.97 Å². The van der Waals surface area contributed by atoms with E-state index < -0.39 is 0 Å². The predicted molar refractivity (Wildman–Crippen MR) is 62.7 cm³/mol. The van der Waals surface area contributed by atoms with Crippen LogP contribution in [0.3, 0.4) is 0 Å². The van der Waals surface area contributed by atoms with Crippen molar-refractivity contribution in [2.24, 2.45) is 5.18 Å². The van der Waals surface area contributed by atoms with Gasteiger partial charge in [-0.1, -0.05) is 6.07 Å². The van der Waals surface area contributed by atoms with Crippen LogP contribution in [0.1, 0.15) is 0 Å². The molecule has 0 unspecified atom stereocenters. The Bertz CT molecular complexity index is 658. The van der Waals surface area contributed by atoms with Crippen molar-refractivity contribution in [2.75, 3.05) is 0 Å². The summed E-state index contributed by atoms with van der Waals surface area (Å²) in [5.74, 6) is 0.457. The minimum absolute atomic E-state index is 0.350. The minimum atomic E-state index is 0.350. The second-order valence-electron chi connectivity index (χ2n) is 3.50. The molecule has 3 rings (SSSR count). The largest absolute Gasteiger partial charge is 0.434 e. The van der Waals surface area contributed by atoms with Crippen LogP contribution in [0.25, 0.3) is 22.6 Å². The number of hydrogen-bond donors (Lipinski definition) is 0. The van der Waals surface area contributed by atoms with Gasteiger partial charge in [-0.3, -0.25) is 4.98 Å². The molecule has 0 atom stereocenters. The molecule has 0 radical (unpaired) electrons. The van der Waals surface area contributed by atoms with Crippen LogP contribution < -0.4 is 0 Å². The Labute approximate surface area is 96.1 Å². The fourth-order valence-electron chi connectivity index (χ4n) is 1.60. The summed E-state index contributed by atoms with van der Waals surface area (Å²) in [7, 11) is 0. The number of hydrogen-bond acceptors (Lipinski definition) is 5. The smallest absolute Gasteiger partial charge is 0.227 e. The zero-order valence-electron chi connectivity index (χ0n) is 8.70. The van der Waals surface area contributed by atoms with E-state index in [-0.39, 0.29) is 0 Å². The Morgan fingerprint density at radius 3 is 3.00 bits per heavy atom. The van der Waals surface area contributed by atoms with Crippen molar-refractivity contribution in [3.8, 4) is 11.5 Å². The Morgan fingerprint density at radius 1 is 1.24 bits per heavy atom. The van der Waals surface area contributed by atoms with Crippen LogP contribution in [0.2, 0.25) is 0 Å². The van der Waals surface area contributed by atoms with Gasteiger partial charge in [0.2, 0.25) is 5.89 Å². The van der Waals surface area contributed by atoms with Crippen LogP contribution in [0, 0.1) is 4.91 Å². The van der Waals surface area contributed by atoms with E-state index in [0.29, 0.717) is 17.2 Å². The van der Waals surface area contributed by atoms with Crippen molar-refractivity contribution in [3.63, 3.8) is 0 Å². The normalized spacial score (nSPS) is 10.6. The third-order valence-electron chi connectivity index (χ3n) is 2.39. The fraction of sp³-hybridized carbons (Fsp3) is 0. The SMILES string of the molecule is O=Nc1cccc(-c2nc3ccncc3o2)c1. The average molecular weight is 225 g/mol. The molecule has 1 aromatic carbocycles. The van der Waals surface area contributed by atoms with Crippen molar-refractivity contribution in [3.05, 3.63) is 47.6 Å². The van der Waals surface area contributed by atoms with Crippen molar-refractivity contribution in [1.29, 1.82) is 0 Å². The first-order valence-corrected chi connectivity index (χ1v) is 5.01.